The molecular formula is C13H15BrN2O3S. The van der Waals surface area contributed by atoms with Crippen LogP contribution in [0.3, 0.4) is 0 Å². The lowest BCUT2D eigenvalue weighted by atomic mass is 10.1. The monoisotopic (exact) mass is 358 g/mol. The van der Waals surface area contributed by atoms with E-state index in [1.54, 1.807) is 0 Å². The summed E-state index contributed by atoms with van der Waals surface area (Å²) in [5.74, 6) is 0.309. The summed E-state index contributed by atoms with van der Waals surface area (Å²) in [5, 5.41) is 6.14. The quantitative estimate of drug-likeness (QED) is 0.841. The zero-order chi connectivity index (χ0) is 14.3. The van der Waals surface area contributed by atoms with Gasteiger partial charge in [-0.1, -0.05) is 22.0 Å². The van der Waals surface area contributed by atoms with Crippen molar-refractivity contribution in [1.29, 1.82) is 0 Å². The van der Waals surface area contributed by atoms with E-state index in [4.69, 9.17) is 0 Å². The molecule has 2 heterocycles. The van der Waals surface area contributed by atoms with Gasteiger partial charge in [-0.15, -0.1) is 0 Å². The molecule has 1 atom stereocenters. The van der Waals surface area contributed by atoms with Crippen LogP contribution in [0.15, 0.2) is 22.7 Å². The van der Waals surface area contributed by atoms with Crippen molar-refractivity contribution in [3.63, 3.8) is 0 Å². The number of benzene rings is 1. The first-order valence-corrected chi connectivity index (χ1v) is 9.13. The van der Waals surface area contributed by atoms with Crippen molar-refractivity contribution >= 4 is 37.4 Å². The molecule has 2 N–H and O–H groups in total. The Bertz CT molecular complexity index is 646. The van der Waals surface area contributed by atoms with Crippen LogP contribution in [-0.2, 0) is 14.6 Å². The Morgan fingerprint density at radius 3 is 2.65 bits per heavy atom. The number of nitrogens with one attached hydrogen (secondary N) is 2. The van der Waals surface area contributed by atoms with Crippen molar-refractivity contribution in [3.8, 4) is 0 Å². The Labute approximate surface area is 126 Å². The van der Waals surface area contributed by atoms with Crippen molar-refractivity contribution in [1.82, 2.24) is 5.32 Å². The predicted molar refractivity (Wildman–Crippen MR) is 80.3 cm³/mol. The van der Waals surface area contributed by atoms with Gasteiger partial charge in [0.15, 0.2) is 0 Å². The molecule has 2 aliphatic heterocycles. The van der Waals surface area contributed by atoms with Gasteiger partial charge in [-0.05, 0) is 25.0 Å². The minimum Gasteiger partial charge on any atom is -0.324 e. The van der Waals surface area contributed by atoms with Gasteiger partial charge in [-0.2, -0.15) is 0 Å². The first kappa shape index (κ1) is 14.0. The van der Waals surface area contributed by atoms with Crippen LogP contribution in [0, 0.1) is 0 Å². The van der Waals surface area contributed by atoms with Gasteiger partial charge in [0.2, 0.25) is 5.91 Å². The van der Waals surface area contributed by atoms with Crippen molar-refractivity contribution in [2.75, 3.05) is 16.8 Å². The van der Waals surface area contributed by atoms with Gasteiger partial charge in [0, 0.05) is 21.8 Å². The van der Waals surface area contributed by atoms with Crippen LogP contribution in [0.25, 0.3) is 0 Å². The summed E-state index contributed by atoms with van der Waals surface area (Å²) in [6, 6.07) is 5.29. The Balaban J connectivity index is 1.78. The lowest BCUT2D eigenvalue weighted by Gasteiger charge is -2.26. The van der Waals surface area contributed by atoms with E-state index in [0.717, 1.165) is 15.7 Å². The summed E-state index contributed by atoms with van der Waals surface area (Å²) >= 11 is 3.47. The summed E-state index contributed by atoms with van der Waals surface area (Å²) < 4.78 is 23.8. The first-order valence-electron chi connectivity index (χ1n) is 6.52. The van der Waals surface area contributed by atoms with Gasteiger partial charge in [-0.25, -0.2) is 8.42 Å². The Hall–Kier alpha value is -0.920. The van der Waals surface area contributed by atoms with Gasteiger partial charge >= 0.3 is 0 Å². The van der Waals surface area contributed by atoms with E-state index >= 15 is 0 Å². The average molecular weight is 359 g/mol. The lowest BCUT2D eigenvalue weighted by Crippen LogP contribution is -2.41. The first-order chi connectivity index (χ1) is 9.46. The summed E-state index contributed by atoms with van der Waals surface area (Å²) in [5.41, 5.74) is 1.72. The van der Waals surface area contributed by atoms with Crippen LogP contribution >= 0.6 is 15.9 Å². The molecule has 7 heteroatoms. The molecule has 0 saturated carbocycles. The SMILES string of the molecule is O=C1Nc2cccc(Br)c2C1NC1CCS(=O)(=O)CC1. The number of amides is 1. The number of fused-ring (bicyclic) bond motifs is 1. The highest BCUT2D eigenvalue weighted by Gasteiger charge is 2.35. The number of anilines is 1. The number of carbonyl (C=O) groups is 1. The van der Waals surface area contributed by atoms with E-state index in [1.807, 2.05) is 18.2 Å². The van der Waals surface area contributed by atoms with Gasteiger partial charge in [0.1, 0.15) is 15.9 Å². The van der Waals surface area contributed by atoms with E-state index in [2.05, 4.69) is 26.6 Å². The molecule has 0 radical (unpaired) electrons. The van der Waals surface area contributed by atoms with Crippen molar-refractivity contribution in [3.05, 3.63) is 28.2 Å². The van der Waals surface area contributed by atoms with Crippen LogP contribution in [0.5, 0.6) is 0 Å². The summed E-state index contributed by atoms with van der Waals surface area (Å²) in [7, 11) is -2.88. The maximum Gasteiger partial charge on any atom is 0.246 e. The highest BCUT2D eigenvalue weighted by atomic mass is 79.9. The minimum absolute atomic E-state index is 0.0623. The molecule has 1 unspecified atom stereocenters. The van der Waals surface area contributed by atoms with Crippen LogP contribution in [0.4, 0.5) is 5.69 Å². The molecule has 2 aliphatic rings. The normalized spacial score (nSPS) is 25.2. The minimum atomic E-state index is -2.88. The number of hydrogen-bond donors (Lipinski definition) is 2. The van der Waals surface area contributed by atoms with Crippen LogP contribution in [0.1, 0.15) is 24.4 Å². The Kier molecular flexibility index (Phi) is 3.60. The third-order valence-electron chi connectivity index (χ3n) is 3.82. The average Bonchev–Trinajstić information content (AvgIpc) is 2.70. The second-order valence-corrected chi connectivity index (χ2v) is 8.37. The van der Waals surface area contributed by atoms with Crippen LogP contribution in [-0.4, -0.2) is 31.9 Å². The van der Waals surface area contributed by atoms with Crippen molar-refractivity contribution in [2.24, 2.45) is 0 Å². The molecule has 1 amide bonds. The van der Waals surface area contributed by atoms with Crippen molar-refractivity contribution < 1.29 is 13.2 Å². The Morgan fingerprint density at radius 1 is 1.25 bits per heavy atom. The summed E-state index contributed by atoms with van der Waals surface area (Å²) in [4.78, 5) is 12.1. The van der Waals surface area contributed by atoms with E-state index in [-0.39, 0.29) is 23.5 Å². The largest absolute Gasteiger partial charge is 0.324 e. The zero-order valence-electron chi connectivity index (χ0n) is 10.7. The maximum atomic E-state index is 12.1. The molecule has 1 aromatic rings. The number of halogens is 1. The van der Waals surface area contributed by atoms with Crippen molar-refractivity contribution in [2.45, 2.75) is 24.9 Å². The van der Waals surface area contributed by atoms with Gasteiger partial charge < -0.3 is 5.32 Å². The fraction of sp³-hybridized carbons (Fsp3) is 0.462. The zero-order valence-corrected chi connectivity index (χ0v) is 13.1. The number of hydrogen-bond acceptors (Lipinski definition) is 4. The third-order valence-corrected chi connectivity index (χ3v) is 6.23. The summed E-state index contributed by atoms with van der Waals surface area (Å²) in [6.45, 7) is 0. The molecule has 0 aliphatic carbocycles. The van der Waals surface area contributed by atoms with E-state index in [1.165, 1.54) is 0 Å². The lowest BCUT2D eigenvalue weighted by molar-refractivity contribution is -0.117. The van der Waals surface area contributed by atoms with E-state index in [9.17, 15) is 13.2 Å². The third kappa shape index (κ3) is 2.62. The molecule has 1 aromatic carbocycles. The molecule has 0 bridgehead atoms. The van der Waals surface area contributed by atoms with E-state index in [0.29, 0.717) is 12.8 Å². The van der Waals surface area contributed by atoms with Gasteiger partial charge in [-0.3, -0.25) is 10.1 Å². The molecule has 0 aromatic heterocycles. The second-order valence-electron chi connectivity index (χ2n) is 5.22. The highest BCUT2D eigenvalue weighted by Crippen LogP contribution is 2.37. The second kappa shape index (κ2) is 5.13. The smallest absolute Gasteiger partial charge is 0.246 e. The number of carbonyl (C=O) groups excluding carboxylic acids is 1. The molecule has 0 spiro atoms. The summed E-state index contributed by atoms with van der Waals surface area (Å²) in [6.07, 6.45) is 1.12. The molecular weight excluding hydrogens is 344 g/mol. The van der Waals surface area contributed by atoms with Gasteiger partial charge in [0.25, 0.3) is 0 Å². The van der Waals surface area contributed by atoms with Gasteiger partial charge in [0.05, 0.1) is 11.5 Å². The molecule has 1 fully saturated rings. The molecule has 3 rings (SSSR count). The molecule has 5 nitrogen and oxygen atoms in total. The fourth-order valence-corrected chi connectivity index (χ4v) is 4.81. The molecule has 20 heavy (non-hydrogen) atoms. The standard InChI is InChI=1S/C13H15BrN2O3S/c14-9-2-1-3-10-11(9)12(13(17)16-10)15-8-4-6-20(18,19)7-5-8/h1-3,8,12,15H,4-7H2,(H,16,17). The highest BCUT2D eigenvalue weighted by molar-refractivity contribution is 9.10. The Morgan fingerprint density at radius 2 is 1.95 bits per heavy atom. The maximum absolute atomic E-state index is 12.1. The number of rotatable bonds is 2. The fourth-order valence-electron chi connectivity index (χ4n) is 2.73. The van der Waals surface area contributed by atoms with E-state index < -0.39 is 15.9 Å². The van der Waals surface area contributed by atoms with Crippen LogP contribution < -0.4 is 10.6 Å². The molecule has 1 saturated heterocycles. The number of sulfone groups is 1. The van der Waals surface area contributed by atoms with Crippen LogP contribution in [0.2, 0.25) is 0 Å². The predicted octanol–water partition coefficient (Wildman–Crippen LogP) is 1.61. The topological polar surface area (TPSA) is 75.3 Å². The molecule has 108 valence electrons.